The minimum atomic E-state index is -0.0702. The van der Waals surface area contributed by atoms with E-state index in [9.17, 15) is 4.79 Å². The highest BCUT2D eigenvalue weighted by atomic mass is 32.1. The zero-order chi connectivity index (χ0) is 23.2. The maximum Gasteiger partial charge on any atom is 0.196 e. The van der Waals surface area contributed by atoms with Crippen LogP contribution in [0.15, 0.2) is 85.2 Å². The Balaban J connectivity index is 1.27. The molecule has 6 aromatic rings. The summed E-state index contributed by atoms with van der Waals surface area (Å²) in [6.45, 7) is 4.25. The second-order valence-electron chi connectivity index (χ2n) is 8.30. The van der Waals surface area contributed by atoms with Gasteiger partial charge in [0.1, 0.15) is 0 Å². The summed E-state index contributed by atoms with van der Waals surface area (Å²) < 4.78 is 2.49. The molecule has 0 unspecified atom stereocenters. The Morgan fingerprint density at radius 1 is 0.618 bits per heavy atom. The number of aromatic nitrogens is 2. The summed E-state index contributed by atoms with van der Waals surface area (Å²) in [6.07, 6.45) is 3.34. The first-order chi connectivity index (χ1) is 16.6. The number of nitrogens with zero attached hydrogens (tertiary/aromatic N) is 2. The number of aryl methyl sites for hydroxylation is 2. The van der Waals surface area contributed by atoms with E-state index >= 15 is 0 Å². The summed E-state index contributed by atoms with van der Waals surface area (Å²) in [7, 11) is 0. The van der Waals surface area contributed by atoms with E-state index in [-0.39, 0.29) is 5.78 Å². The van der Waals surface area contributed by atoms with Crippen molar-refractivity contribution in [3.63, 3.8) is 0 Å². The number of benzene rings is 2. The first kappa shape index (κ1) is 20.9. The van der Waals surface area contributed by atoms with Crippen LogP contribution in [0, 0.1) is 13.8 Å². The van der Waals surface area contributed by atoms with Gasteiger partial charge in [0, 0.05) is 32.9 Å². The summed E-state index contributed by atoms with van der Waals surface area (Å²) in [6, 6.07) is 24.4. The molecule has 0 bridgehead atoms. The number of rotatable bonds is 4. The summed E-state index contributed by atoms with van der Waals surface area (Å²) in [5, 5.41) is 2.51. The Morgan fingerprint density at radius 3 is 1.44 bits per heavy atom. The predicted octanol–water partition coefficient (Wildman–Crippen LogP) is 8.09. The van der Waals surface area contributed by atoms with Gasteiger partial charge in [-0.05, 0) is 72.1 Å². The Bertz CT molecular complexity index is 1550. The second kappa shape index (κ2) is 8.28. The minimum absolute atomic E-state index is 0.0702. The van der Waals surface area contributed by atoms with Crippen molar-refractivity contribution >= 4 is 48.6 Å². The van der Waals surface area contributed by atoms with Gasteiger partial charge in [0.25, 0.3) is 0 Å². The molecule has 0 atom stereocenters. The monoisotopic (exact) mass is 476 g/mol. The van der Waals surface area contributed by atoms with E-state index in [4.69, 9.17) is 0 Å². The number of hydrogen-bond acceptors (Lipinski definition) is 5. The molecule has 0 aliphatic rings. The third-order valence-electron chi connectivity index (χ3n) is 6.20. The molecule has 2 aromatic carbocycles. The molecule has 4 aromatic heterocycles. The molecule has 0 aliphatic carbocycles. The van der Waals surface area contributed by atoms with Crippen LogP contribution in [-0.2, 0) is 0 Å². The van der Waals surface area contributed by atoms with Crippen molar-refractivity contribution in [3.8, 4) is 21.1 Å². The largest absolute Gasteiger partial charge is 0.288 e. The molecule has 0 saturated heterocycles. The molecule has 0 aliphatic heterocycles. The Kier molecular flexibility index (Phi) is 5.09. The van der Waals surface area contributed by atoms with E-state index in [2.05, 4.69) is 72.3 Å². The number of thiophene rings is 2. The van der Waals surface area contributed by atoms with Crippen molar-refractivity contribution in [1.29, 1.82) is 0 Å². The van der Waals surface area contributed by atoms with E-state index in [1.807, 2.05) is 24.3 Å². The molecule has 34 heavy (non-hydrogen) atoms. The lowest BCUT2D eigenvalue weighted by Crippen LogP contribution is -2.03. The maximum atomic E-state index is 13.1. The molecule has 3 nitrogen and oxygen atoms in total. The van der Waals surface area contributed by atoms with Crippen molar-refractivity contribution in [3.05, 3.63) is 107 Å². The lowest BCUT2D eigenvalue weighted by molar-refractivity contribution is 0.103. The highest BCUT2D eigenvalue weighted by Gasteiger charge is 2.15. The van der Waals surface area contributed by atoms with E-state index in [0.29, 0.717) is 11.1 Å². The number of carbonyl (C=O) groups excluding carboxylic acids is 1. The molecule has 0 radical (unpaired) electrons. The highest BCUT2D eigenvalue weighted by Crippen LogP contribution is 2.38. The molecule has 0 spiro atoms. The van der Waals surface area contributed by atoms with Crippen LogP contribution in [-0.4, -0.2) is 15.8 Å². The lowest BCUT2D eigenvalue weighted by atomic mass is 10.0. The van der Waals surface area contributed by atoms with E-state index in [1.54, 1.807) is 35.1 Å². The molecular formula is C29H20N2OS2. The molecular weight excluding hydrogens is 456 g/mol. The fraction of sp³-hybridized carbons (Fsp3) is 0.0690. The molecule has 4 heterocycles. The van der Waals surface area contributed by atoms with E-state index < -0.39 is 0 Å². The van der Waals surface area contributed by atoms with Crippen molar-refractivity contribution in [2.75, 3.05) is 0 Å². The topological polar surface area (TPSA) is 42.9 Å². The number of carbonyl (C=O) groups is 1. The first-order valence-electron chi connectivity index (χ1n) is 11.0. The molecule has 164 valence electrons. The second-order valence-corrected chi connectivity index (χ2v) is 10.4. The van der Waals surface area contributed by atoms with Gasteiger partial charge < -0.3 is 0 Å². The van der Waals surface area contributed by atoms with Crippen LogP contribution in [0.25, 0.3) is 41.3 Å². The lowest BCUT2D eigenvalue weighted by Gasteiger charge is -2.05. The average Bonchev–Trinajstić information content (AvgIpc) is 3.41. The van der Waals surface area contributed by atoms with Gasteiger partial charge in [0.05, 0.1) is 21.1 Å². The van der Waals surface area contributed by atoms with Gasteiger partial charge in [-0.2, -0.15) is 0 Å². The number of fused-ring (bicyclic) bond motifs is 2. The van der Waals surface area contributed by atoms with Gasteiger partial charge in [0.15, 0.2) is 5.78 Å². The molecule has 6 rings (SSSR count). The number of pyridine rings is 2. The minimum Gasteiger partial charge on any atom is -0.288 e. The zero-order valence-corrected chi connectivity index (χ0v) is 20.3. The van der Waals surface area contributed by atoms with Crippen molar-refractivity contribution in [2.45, 2.75) is 13.8 Å². The fourth-order valence-corrected chi connectivity index (χ4v) is 6.70. The fourth-order valence-electron chi connectivity index (χ4n) is 4.33. The number of hydrogen-bond donors (Lipinski definition) is 0. The average molecular weight is 477 g/mol. The standard InChI is InChI=1S/C29H20N2OS2/c1-17-21-7-3-5-9-25(21)33-28(17)23-13-11-19(15-30-23)27(32)20-12-14-24(31-16-20)29-18(2)22-8-4-6-10-26(22)34-29/h3-16H,1-2H3. The van der Waals surface area contributed by atoms with Crippen LogP contribution in [0.3, 0.4) is 0 Å². The summed E-state index contributed by atoms with van der Waals surface area (Å²) >= 11 is 3.47. The van der Waals surface area contributed by atoms with Crippen LogP contribution >= 0.6 is 22.7 Å². The third-order valence-corrected chi connectivity index (χ3v) is 8.79. The SMILES string of the molecule is Cc1c(-c2ccc(C(=O)c3ccc(-c4sc5ccccc5c4C)nc3)cn2)sc2ccccc12. The van der Waals surface area contributed by atoms with Crippen LogP contribution in [0.4, 0.5) is 0 Å². The van der Waals surface area contributed by atoms with Gasteiger partial charge in [-0.3, -0.25) is 14.8 Å². The Labute approximate surface area is 205 Å². The van der Waals surface area contributed by atoms with E-state index in [0.717, 1.165) is 21.1 Å². The van der Waals surface area contributed by atoms with Crippen molar-refractivity contribution in [2.24, 2.45) is 0 Å². The van der Waals surface area contributed by atoms with Crippen LogP contribution in [0.5, 0.6) is 0 Å². The van der Waals surface area contributed by atoms with Crippen molar-refractivity contribution < 1.29 is 4.79 Å². The zero-order valence-electron chi connectivity index (χ0n) is 18.7. The van der Waals surface area contributed by atoms with Gasteiger partial charge >= 0.3 is 0 Å². The first-order valence-corrected chi connectivity index (χ1v) is 12.7. The molecule has 0 fully saturated rings. The Morgan fingerprint density at radius 2 is 1.06 bits per heavy atom. The summed E-state index contributed by atoms with van der Waals surface area (Å²) in [5.74, 6) is -0.0702. The normalized spacial score (nSPS) is 11.4. The van der Waals surface area contributed by atoms with Gasteiger partial charge in [0.2, 0.25) is 0 Å². The molecule has 0 amide bonds. The molecule has 0 saturated carbocycles. The summed E-state index contributed by atoms with van der Waals surface area (Å²) in [4.78, 5) is 24.6. The van der Waals surface area contributed by atoms with Gasteiger partial charge in [-0.1, -0.05) is 36.4 Å². The number of ketones is 1. The summed E-state index contributed by atoms with van der Waals surface area (Å²) in [5.41, 5.74) is 5.37. The van der Waals surface area contributed by atoms with Crippen LogP contribution in [0.1, 0.15) is 27.0 Å². The van der Waals surface area contributed by atoms with Gasteiger partial charge in [-0.15, -0.1) is 22.7 Å². The molecule has 0 N–H and O–H groups in total. The van der Waals surface area contributed by atoms with Crippen molar-refractivity contribution in [1.82, 2.24) is 9.97 Å². The Hall–Kier alpha value is -3.67. The maximum absolute atomic E-state index is 13.1. The third kappa shape index (κ3) is 3.45. The highest BCUT2D eigenvalue weighted by molar-refractivity contribution is 7.22. The smallest absolute Gasteiger partial charge is 0.196 e. The predicted molar refractivity (Wildman–Crippen MR) is 143 cm³/mol. The van der Waals surface area contributed by atoms with Crippen LogP contribution < -0.4 is 0 Å². The molecule has 5 heteroatoms. The quantitative estimate of drug-likeness (QED) is 0.241. The van der Waals surface area contributed by atoms with Gasteiger partial charge in [-0.25, -0.2) is 0 Å². The van der Waals surface area contributed by atoms with Crippen LogP contribution in [0.2, 0.25) is 0 Å². The van der Waals surface area contributed by atoms with E-state index in [1.165, 1.54) is 31.3 Å².